The number of fused-ring (bicyclic) bond motifs is 1. The number of hydrogen-bond donors (Lipinski definition) is 3. The number of anilines is 4. The maximum absolute atomic E-state index is 12.8. The van der Waals surface area contributed by atoms with Crippen LogP contribution >= 0.6 is 0 Å². The van der Waals surface area contributed by atoms with E-state index in [0.29, 0.717) is 24.2 Å². The van der Waals surface area contributed by atoms with Crippen molar-refractivity contribution < 1.29 is 13.5 Å². The van der Waals surface area contributed by atoms with Gasteiger partial charge in [-0.1, -0.05) is 18.2 Å². The van der Waals surface area contributed by atoms with E-state index in [1.807, 2.05) is 41.1 Å². The number of aliphatic hydroxyl groups excluding tert-OH is 1. The monoisotopic (exact) mass is 549 g/mol. The van der Waals surface area contributed by atoms with E-state index in [1.165, 1.54) is 9.99 Å². The molecule has 0 spiro atoms. The van der Waals surface area contributed by atoms with Crippen molar-refractivity contribution in [3.05, 3.63) is 72.6 Å². The van der Waals surface area contributed by atoms with Gasteiger partial charge < -0.3 is 25.2 Å². The Kier molecular flexibility index (Phi) is 8.01. The van der Waals surface area contributed by atoms with Crippen LogP contribution in [0.5, 0.6) is 0 Å². The van der Waals surface area contributed by atoms with Crippen molar-refractivity contribution in [2.24, 2.45) is 0 Å². The van der Waals surface area contributed by atoms with Gasteiger partial charge in [-0.05, 0) is 55.8 Å². The molecule has 3 N–H and O–H groups in total. The Morgan fingerprint density at radius 2 is 1.95 bits per heavy atom. The third kappa shape index (κ3) is 6.00. The maximum Gasteiger partial charge on any atom is 0.234 e. The first kappa shape index (κ1) is 26.9. The van der Waals surface area contributed by atoms with Crippen LogP contribution in [0.4, 0.5) is 23.0 Å². The summed E-state index contributed by atoms with van der Waals surface area (Å²) in [6, 6.07) is 18.1. The van der Waals surface area contributed by atoms with E-state index in [1.54, 1.807) is 25.3 Å². The van der Waals surface area contributed by atoms with Crippen molar-refractivity contribution >= 4 is 44.1 Å². The van der Waals surface area contributed by atoms with E-state index in [2.05, 4.69) is 39.6 Å². The van der Waals surface area contributed by atoms with E-state index in [0.717, 1.165) is 41.9 Å². The normalized spacial score (nSPS) is 16.0. The van der Waals surface area contributed by atoms with Gasteiger partial charge in [0.25, 0.3) is 0 Å². The number of nitrogens with zero attached hydrogens (tertiary/aromatic N) is 5. The van der Waals surface area contributed by atoms with Crippen molar-refractivity contribution in [3.8, 4) is 0 Å². The van der Waals surface area contributed by atoms with Crippen LogP contribution in [-0.2, 0) is 16.6 Å². The molecular formula is C28H35N7O3S. The van der Waals surface area contributed by atoms with Gasteiger partial charge in [0, 0.05) is 54.8 Å². The van der Waals surface area contributed by atoms with E-state index >= 15 is 0 Å². The zero-order chi connectivity index (χ0) is 27.4. The molecule has 11 heteroatoms. The molecule has 0 saturated carbocycles. The summed E-state index contributed by atoms with van der Waals surface area (Å²) in [6.45, 7) is 6.89. The van der Waals surface area contributed by atoms with Gasteiger partial charge in [-0.15, -0.1) is 0 Å². The standard InChI is InChI=1S/C28H35N7O3S/c1-3-39(37,38)35(16-17-36)26-7-5-4-6-23(26)20-34-14-12-22-18-30-28(32-27(22)34)31-24-8-10-25(11-9-24)33-15-13-29-21(2)19-33/h4-12,14,18,21,29,36H,3,13,15-17,19-20H2,1-2H3,(H,30,31,32)/t21-/m1/s1. The van der Waals surface area contributed by atoms with Gasteiger partial charge >= 0.3 is 0 Å². The Hall–Kier alpha value is -3.67. The molecule has 5 rings (SSSR count). The average molecular weight is 550 g/mol. The van der Waals surface area contributed by atoms with E-state index < -0.39 is 10.0 Å². The molecule has 1 aliphatic heterocycles. The van der Waals surface area contributed by atoms with E-state index in [-0.39, 0.29) is 18.9 Å². The number of rotatable bonds is 10. The lowest BCUT2D eigenvalue weighted by Gasteiger charge is -2.33. The zero-order valence-electron chi connectivity index (χ0n) is 22.3. The number of piperazine rings is 1. The molecule has 1 fully saturated rings. The van der Waals surface area contributed by atoms with Crippen LogP contribution in [0, 0.1) is 0 Å². The van der Waals surface area contributed by atoms with Crippen LogP contribution in [-0.4, -0.2) is 72.6 Å². The molecule has 2 aromatic heterocycles. The predicted octanol–water partition coefficient (Wildman–Crippen LogP) is 3.17. The largest absolute Gasteiger partial charge is 0.394 e. The minimum atomic E-state index is -3.55. The summed E-state index contributed by atoms with van der Waals surface area (Å²) in [5, 5.41) is 17.2. The Morgan fingerprint density at radius 3 is 2.69 bits per heavy atom. The second-order valence-electron chi connectivity index (χ2n) is 9.71. The molecule has 3 heterocycles. The average Bonchev–Trinajstić information content (AvgIpc) is 3.34. The first-order chi connectivity index (χ1) is 18.9. The Balaban J connectivity index is 1.38. The van der Waals surface area contributed by atoms with E-state index in [9.17, 15) is 13.5 Å². The molecule has 0 unspecified atom stereocenters. The minimum Gasteiger partial charge on any atom is -0.394 e. The summed E-state index contributed by atoms with van der Waals surface area (Å²) in [7, 11) is -3.55. The lowest BCUT2D eigenvalue weighted by atomic mass is 10.1. The lowest BCUT2D eigenvalue weighted by molar-refractivity contribution is 0.306. The fourth-order valence-electron chi connectivity index (χ4n) is 4.94. The van der Waals surface area contributed by atoms with Crippen LogP contribution < -0.4 is 19.8 Å². The number of aliphatic hydroxyl groups is 1. The van der Waals surface area contributed by atoms with Gasteiger partial charge in [-0.3, -0.25) is 4.31 Å². The third-order valence-corrected chi connectivity index (χ3v) is 8.74. The van der Waals surface area contributed by atoms with Crippen LogP contribution in [0.2, 0.25) is 0 Å². The number of benzene rings is 2. The highest BCUT2D eigenvalue weighted by molar-refractivity contribution is 7.92. The van der Waals surface area contributed by atoms with Crippen molar-refractivity contribution in [3.63, 3.8) is 0 Å². The van der Waals surface area contributed by atoms with Crippen LogP contribution in [0.15, 0.2) is 67.0 Å². The van der Waals surface area contributed by atoms with Crippen molar-refractivity contribution in [1.29, 1.82) is 0 Å². The quantitative estimate of drug-likeness (QED) is 0.276. The fourth-order valence-corrected chi connectivity index (χ4v) is 6.09. The van der Waals surface area contributed by atoms with Crippen molar-refractivity contribution in [1.82, 2.24) is 19.9 Å². The minimum absolute atomic E-state index is 0.00230. The van der Waals surface area contributed by atoms with Crippen molar-refractivity contribution in [2.75, 3.05) is 53.1 Å². The molecule has 0 aliphatic carbocycles. The summed E-state index contributed by atoms with van der Waals surface area (Å²) in [5.74, 6) is 0.431. The molecule has 39 heavy (non-hydrogen) atoms. The lowest BCUT2D eigenvalue weighted by Crippen LogP contribution is -2.49. The van der Waals surface area contributed by atoms with Crippen molar-refractivity contribution in [2.45, 2.75) is 26.4 Å². The smallest absolute Gasteiger partial charge is 0.234 e. The Labute approximate surface area is 229 Å². The molecule has 2 aromatic carbocycles. The first-order valence-electron chi connectivity index (χ1n) is 13.2. The highest BCUT2D eigenvalue weighted by Crippen LogP contribution is 2.27. The van der Waals surface area contributed by atoms with Gasteiger partial charge in [0.15, 0.2) is 0 Å². The second kappa shape index (κ2) is 11.6. The second-order valence-corrected chi connectivity index (χ2v) is 11.9. The first-order valence-corrected chi connectivity index (χ1v) is 14.9. The number of nitrogens with one attached hydrogen (secondary N) is 2. The molecule has 0 radical (unpaired) electrons. The highest BCUT2D eigenvalue weighted by atomic mass is 32.2. The van der Waals surface area contributed by atoms with Crippen LogP contribution in [0.1, 0.15) is 19.4 Å². The van der Waals surface area contributed by atoms with Gasteiger partial charge in [0.05, 0.1) is 31.1 Å². The predicted molar refractivity (Wildman–Crippen MR) is 156 cm³/mol. The number of hydrogen-bond acceptors (Lipinski definition) is 8. The molecule has 1 aliphatic rings. The maximum atomic E-state index is 12.8. The Bertz CT molecular complexity index is 1520. The molecule has 206 valence electrons. The summed E-state index contributed by atoms with van der Waals surface area (Å²) in [6.07, 6.45) is 3.71. The summed E-state index contributed by atoms with van der Waals surface area (Å²) >= 11 is 0. The number of sulfonamides is 1. The SMILES string of the molecule is CCS(=O)(=O)N(CCO)c1ccccc1Cn1ccc2cnc(Nc3ccc(N4CCN[C@H](C)C4)cc3)nc21. The molecule has 4 aromatic rings. The summed E-state index contributed by atoms with van der Waals surface area (Å²) in [4.78, 5) is 11.6. The van der Waals surface area contributed by atoms with Gasteiger partial charge in [0.2, 0.25) is 16.0 Å². The molecule has 1 saturated heterocycles. The molecule has 0 bridgehead atoms. The number of para-hydroxylation sites is 1. The molecule has 0 amide bonds. The van der Waals surface area contributed by atoms with Crippen LogP contribution in [0.3, 0.4) is 0 Å². The number of aromatic nitrogens is 3. The topological polar surface area (TPSA) is 116 Å². The van der Waals surface area contributed by atoms with Crippen LogP contribution in [0.25, 0.3) is 11.0 Å². The van der Waals surface area contributed by atoms with Gasteiger partial charge in [-0.2, -0.15) is 4.98 Å². The summed E-state index contributed by atoms with van der Waals surface area (Å²) in [5.41, 5.74) is 4.20. The molecule has 10 nitrogen and oxygen atoms in total. The molecular weight excluding hydrogens is 514 g/mol. The fraction of sp³-hybridized carbons (Fsp3) is 0.357. The third-order valence-electron chi connectivity index (χ3n) is 6.96. The van der Waals surface area contributed by atoms with E-state index in [4.69, 9.17) is 4.98 Å². The highest BCUT2D eigenvalue weighted by Gasteiger charge is 2.23. The Morgan fingerprint density at radius 1 is 1.15 bits per heavy atom. The zero-order valence-corrected chi connectivity index (χ0v) is 23.1. The van der Waals surface area contributed by atoms with Gasteiger partial charge in [-0.25, -0.2) is 13.4 Å². The summed E-state index contributed by atoms with van der Waals surface area (Å²) < 4.78 is 28.8. The molecule has 1 atom stereocenters. The van der Waals surface area contributed by atoms with Gasteiger partial charge in [0.1, 0.15) is 5.65 Å².